The number of hydrogen-bond donors (Lipinski definition) is 0. The number of nitrogens with zero attached hydrogens (tertiary/aromatic N) is 2. The topological polar surface area (TPSA) is 42.0 Å². The molecule has 5 heteroatoms. The van der Waals surface area contributed by atoms with Gasteiger partial charge in [0.05, 0.1) is 0 Å². The van der Waals surface area contributed by atoms with Gasteiger partial charge in [-0.25, -0.2) is 0 Å². The molecule has 3 aromatic rings. The second-order valence-electron chi connectivity index (χ2n) is 7.59. The van der Waals surface area contributed by atoms with Gasteiger partial charge in [-0.1, -0.05) is 54.6 Å². The first-order chi connectivity index (χ1) is 15.3. The van der Waals surface area contributed by atoms with Crippen molar-refractivity contribution in [3.05, 3.63) is 96.1 Å². The van der Waals surface area contributed by atoms with Crippen LogP contribution in [0.2, 0.25) is 0 Å². The van der Waals surface area contributed by atoms with E-state index in [0.29, 0.717) is 24.5 Å². The van der Waals surface area contributed by atoms with E-state index >= 15 is 0 Å². The summed E-state index contributed by atoms with van der Waals surface area (Å²) in [4.78, 5) is 17.3. The Labute approximate surface area is 183 Å². The van der Waals surface area contributed by atoms with Crippen LogP contribution in [-0.4, -0.2) is 55.1 Å². The van der Waals surface area contributed by atoms with Crippen LogP contribution in [0.3, 0.4) is 0 Å². The van der Waals surface area contributed by atoms with E-state index in [2.05, 4.69) is 29.2 Å². The number of hydrogen-bond acceptors (Lipinski definition) is 4. The minimum atomic E-state index is 0.0605. The van der Waals surface area contributed by atoms with Gasteiger partial charge in [0.2, 0.25) is 0 Å². The lowest BCUT2D eigenvalue weighted by atomic mass is 10.1. The van der Waals surface area contributed by atoms with Gasteiger partial charge in [0.25, 0.3) is 5.91 Å². The van der Waals surface area contributed by atoms with E-state index in [0.717, 1.165) is 38.5 Å². The third kappa shape index (κ3) is 6.09. The summed E-state index contributed by atoms with van der Waals surface area (Å²) in [6.45, 7) is 5.04. The highest BCUT2D eigenvalue weighted by molar-refractivity contribution is 5.94. The molecule has 0 aliphatic carbocycles. The Morgan fingerprint density at radius 2 is 1.32 bits per heavy atom. The van der Waals surface area contributed by atoms with E-state index in [1.165, 1.54) is 5.56 Å². The number of amides is 1. The lowest BCUT2D eigenvalue weighted by Gasteiger charge is -2.34. The molecule has 1 fully saturated rings. The molecule has 0 unspecified atom stereocenters. The Hall–Kier alpha value is -3.31. The van der Waals surface area contributed by atoms with Crippen LogP contribution in [0, 0.1) is 0 Å². The highest BCUT2D eigenvalue weighted by Gasteiger charge is 2.22. The van der Waals surface area contributed by atoms with E-state index in [-0.39, 0.29) is 5.91 Å². The molecule has 3 aromatic carbocycles. The normalized spacial score (nSPS) is 14.3. The third-order valence-electron chi connectivity index (χ3n) is 5.35. The fraction of sp³-hybridized carbons (Fsp3) is 0.269. The van der Waals surface area contributed by atoms with E-state index in [9.17, 15) is 4.79 Å². The number of carbonyl (C=O) groups excluding carboxylic acids is 1. The molecule has 31 heavy (non-hydrogen) atoms. The largest absolute Gasteiger partial charge is 0.490 e. The number of carbonyl (C=O) groups is 1. The summed E-state index contributed by atoms with van der Waals surface area (Å²) in [7, 11) is 0. The molecule has 0 N–H and O–H groups in total. The Morgan fingerprint density at radius 1 is 0.710 bits per heavy atom. The fourth-order valence-electron chi connectivity index (χ4n) is 3.69. The molecule has 0 aromatic heterocycles. The molecule has 1 aliphatic rings. The predicted molar refractivity (Wildman–Crippen MR) is 121 cm³/mol. The molecule has 0 spiro atoms. The summed E-state index contributed by atoms with van der Waals surface area (Å²) < 4.78 is 11.4. The Kier molecular flexibility index (Phi) is 7.19. The molecule has 1 amide bonds. The molecule has 1 heterocycles. The molecular formula is C26H28N2O3. The van der Waals surface area contributed by atoms with Crippen molar-refractivity contribution in [2.45, 2.75) is 6.54 Å². The molecule has 160 valence electrons. The summed E-state index contributed by atoms with van der Waals surface area (Å²) in [5, 5.41) is 0. The summed E-state index contributed by atoms with van der Waals surface area (Å²) in [6, 6.07) is 27.5. The van der Waals surface area contributed by atoms with Crippen LogP contribution < -0.4 is 9.47 Å². The fourth-order valence-corrected chi connectivity index (χ4v) is 3.69. The van der Waals surface area contributed by atoms with Crippen molar-refractivity contribution >= 4 is 5.91 Å². The van der Waals surface area contributed by atoms with Crippen molar-refractivity contribution in [1.82, 2.24) is 9.80 Å². The van der Waals surface area contributed by atoms with Crippen molar-refractivity contribution in [2.24, 2.45) is 0 Å². The first-order valence-electron chi connectivity index (χ1n) is 10.7. The number of piperazine rings is 1. The van der Waals surface area contributed by atoms with Gasteiger partial charge in [0.15, 0.2) is 0 Å². The molecule has 4 rings (SSSR count). The summed E-state index contributed by atoms with van der Waals surface area (Å²) in [5.74, 6) is 1.57. The van der Waals surface area contributed by atoms with Crippen LogP contribution in [0.4, 0.5) is 0 Å². The third-order valence-corrected chi connectivity index (χ3v) is 5.35. The zero-order chi connectivity index (χ0) is 21.3. The van der Waals surface area contributed by atoms with Crippen LogP contribution in [0.5, 0.6) is 11.5 Å². The molecule has 0 radical (unpaired) electrons. The minimum absolute atomic E-state index is 0.0605. The van der Waals surface area contributed by atoms with E-state index in [1.54, 1.807) is 0 Å². The molecule has 5 nitrogen and oxygen atoms in total. The van der Waals surface area contributed by atoms with Gasteiger partial charge in [0.1, 0.15) is 24.7 Å². The lowest BCUT2D eigenvalue weighted by Crippen LogP contribution is -2.48. The smallest absolute Gasteiger partial charge is 0.254 e. The maximum Gasteiger partial charge on any atom is 0.254 e. The van der Waals surface area contributed by atoms with Crippen molar-refractivity contribution in [1.29, 1.82) is 0 Å². The van der Waals surface area contributed by atoms with E-state index in [4.69, 9.17) is 9.47 Å². The number of ether oxygens (including phenoxy) is 2. The zero-order valence-corrected chi connectivity index (χ0v) is 17.7. The number of benzene rings is 3. The molecular weight excluding hydrogens is 388 g/mol. The van der Waals surface area contributed by atoms with Crippen molar-refractivity contribution in [3.63, 3.8) is 0 Å². The molecule has 0 atom stereocenters. The monoisotopic (exact) mass is 416 g/mol. The molecule has 1 aliphatic heterocycles. The summed E-state index contributed by atoms with van der Waals surface area (Å²) in [5.41, 5.74) is 1.97. The molecule has 0 bridgehead atoms. The SMILES string of the molecule is O=C(c1cccc(OCCOc2ccccc2)c1)N1CCN(Cc2ccccc2)CC1. The zero-order valence-electron chi connectivity index (χ0n) is 17.7. The van der Waals surface area contributed by atoms with Crippen molar-refractivity contribution < 1.29 is 14.3 Å². The van der Waals surface area contributed by atoms with E-state index in [1.807, 2.05) is 65.6 Å². The van der Waals surface area contributed by atoms with Gasteiger partial charge in [-0.3, -0.25) is 9.69 Å². The van der Waals surface area contributed by atoms with Gasteiger partial charge in [-0.15, -0.1) is 0 Å². The van der Waals surface area contributed by atoms with Gasteiger partial charge < -0.3 is 14.4 Å². The quantitative estimate of drug-likeness (QED) is 0.519. The predicted octanol–water partition coefficient (Wildman–Crippen LogP) is 4.10. The second kappa shape index (κ2) is 10.6. The number of para-hydroxylation sites is 1. The standard InChI is InChI=1S/C26H28N2O3/c29-26(28-16-14-27(15-17-28)21-22-8-3-1-4-9-22)23-10-7-13-25(20-23)31-19-18-30-24-11-5-2-6-12-24/h1-13,20H,14-19,21H2. The van der Waals surface area contributed by atoms with Gasteiger partial charge in [0, 0.05) is 38.3 Å². The first-order valence-corrected chi connectivity index (χ1v) is 10.7. The minimum Gasteiger partial charge on any atom is -0.490 e. The Morgan fingerprint density at radius 3 is 2.03 bits per heavy atom. The van der Waals surface area contributed by atoms with Gasteiger partial charge >= 0.3 is 0 Å². The lowest BCUT2D eigenvalue weighted by molar-refractivity contribution is 0.0628. The van der Waals surface area contributed by atoms with Crippen LogP contribution in [0.15, 0.2) is 84.9 Å². The Bertz CT molecular complexity index is 955. The van der Waals surface area contributed by atoms with E-state index < -0.39 is 0 Å². The maximum absolute atomic E-state index is 13.0. The molecule has 0 saturated carbocycles. The Balaban J connectivity index is 1.24. The first kappa shape index (κ1) is 20.9. The number of rotatable bonds is 8. The van der Waals surface area contributed by atoms with Crippen LogP contribution in [0.1, 0.15) is 15.9 Å². The second-order valence-corrected chi connectivity index (χ2v) is 7.59. The maximum atomic E-state index is 13.0. The van der Waals surface area contributed by atoms with Crippen LogP contribution in [-0.2, 0) is 6.54 Å². The average molecular weight is 417 g/mol. The molecule has 1 saturated heterocycles. The van der Waals surface area contributed by atoms with Gasteiger partial charge in [-0.05, 0) is 35.9 Å². The van der Waals surface area contributed by atoms with Crippen molar-refractivity contribution in [2.75, 3.05) is 39.4 Å². The summed E-state index contributed by atoms with van der Waals surface area (Å²) in [6.07, 6.45) is 0. The summed E-state index contributed by atoms with van der Waals surface area (Å²) >= 11 is 0. The van der Waals surface area contributed by atoms with Gasteiger partial charge in [-0.2, -0.15) is 0 Å². The highest BCUT2D eigenvalue weighted by Crippen LogP contribution is 2.17. The van der Waals surface area contributed by atoms with Crippen molar-refractivity contribution in [3.8, 4) is 11.5 Å². The highest BCUT2D eigenvalue weighted by atomic mass is 16.5. The van der Waals surface area contributed by atoms with Crippen LogP contribution >= 0.6 is 0 Å². The average Bonchev–Trinajstić information content (AvgIpc) is 2.83. The van der Waals surface area contributed by atoms with Crippen LogP contribution in [0.25, 0.3) is 0 Å².